The van der Waals surface area contributed by atoms with Crippen molar-refractivity contribution < 1.29 is 9.90 Å². The molecule has 0 aliphatic carbocycles. The van der Waals surface area contributed by atoms with E-state index in [-0.39, 0.29) is 5.41 Å². The average Bonchev–Trinajstić information content (AvgIpc) is 2.15. The predicted molar refractivity (Wildman–Crippen MR) is 61.9 cm³/mol. The van der Waals surface area contributed by atoms with Crippen LogP contribution in [0.1, 0.15) is 31.9 Å². The third-order valence-electron chi connectivity index (χ3n) is 2.20. The fourth-order valence-corrected chi connectivity index (χ4v) is 1.41. The molecule has 0 saturated heterocycles. The molecule has 1 N–H and O–H groups in total. The highest BCUT2D eigenvalue weighted by molar-refractivity contribution is 5.74. The maximum absolute atomic E-state index is 10.2. The third kappa shape index (κ3) is 2.94. The summed E-state index contributed by atoms with van der Waals surface area (Å²) in [6.07, 6.45) is 3.91. The van der Waals surface area contributed by atoms with Crippen LogP contribution in [0.15, 0.2) is 24.3 Å². The topological polar surface area (TPSA) is 37.3 Å². The van der Waals surface area contributed by atoms with E-state index in [9.17, 15) is 9.90 Å². The van der Waals surface area contributed by atoms with Crippen LogP contribution >= 0.6 is 0 Å². The zero-order valence-electron chi connectivity index (χ0n) is 9.32. The summed E-state index contributed by atoms with van der Waals surface area (Å²) in [5.74, 6) is 0.297. The van der Waals surface area contributed by atoms with Gasteiger partial charge in [0.2, 0.25) is 0 Å². The van der Waals surface area contributed by atoms with Crippen LogP contribution in [-0.4, -0.2) is 11.4 Å². The van der Waals surface area contributed by atoms with Crippen LogP contribution in [0.4, 0.5) is 0 Å². The highest BCUT2D eigenvalue weighted by Crippen LogP contribution is 2.31. The number of rotatable bonds is 2. The Labute approximate surface area is 90.3 Å². The lowest BCUT2D eigenvalue weighted by molar-refractivity contribution is -0.104. The van der Waals surface area contributed by atoms with E-state index in [1.807, 2.05) is 26.8 Å². The number of phenolic OH excluding ortho intramolecular Hbond substituents is 1. The zero-order valence-corrected chi connectivity index (χ0v) is 9.32. The maximum atomic E-state index is 10.2. The summed E-state index contributed by atoms with van der Waals surface area (Å²) in [5.41, 5.74) is 1.70. The molecule has 0 aliphatic heterocycles. The Morgan fingerprint density at radius 1 is 1.27 bits per heavy atom. The van der Waals surface area contributed by atoms with Gasteiger partial charge in [-0.1, -0.05) is 32.9 Å². The highest BCUT2D eigenvalue weighted by atomic mass is 16.3. The first kappa shape index (κ1) is 11.5. The van der Waals surface area contributed by atoms with Gasteiger partial charge < -0.3 is 5.11 Å². The van der Waals surface area contributed by atoms with Crippen LogP contribution in [0.3, 0.4) is 0 Å². The molecular formula is C13H16O2. The van der Waals surface area contributed by atoms with Crippen molar-refractivity contribution in [3.63, 3.8) is 0 Å². The normalized spacial score (nSPS) is 11.9. The lowest BCUT2D eigenvalue weighted by Gasteiger charge is -2.20. The van der Waals surface area contributed by atoms with E-state index in [0.29, 0.717) is 5.75 Å². The summed E-state index contributed by atoms with van der Waals surface area (Å²) in [6.45, 7) is 6.11. The molecule has 2 nitrogen and oxygen atoms in total. The molecule has 0 unspecified atom stereocenters. The van der Waals surface area contributed by atoms with Gasteiger partial charge in [-0.25, -0.2) is 0 Å². The van der Waals surface area contributed by atoms with E-state index in [0.717, 1.165) is 17.4 Å². The molecule has 0 saturated carbocycles. The van der Waals surface area contributed by atoms with Gasteiger partial charge in [0.1, 0.15) is 12.0 Å². The predicted octanol–water partition coefficient (Wildman–Crippen LogP) is 2.90. The molecule has 0 bridgehead atoms. The van der Waals surface area contributed by atoms with Gasteiger partial charge in [0.05, 0.1) is 0 Å². The minimum absolute atomic E-state index is 0.102. The average molecular weight is 204 g/mol. The number of hydrogen-bond acceptors (Lipinski definition) is 2. The Hall–Kier alpha value is -1.57. The Morgan fingerprint density at radius 2 is 1.93 bits per heavy atom. The summed E-state index contributed by atoms with van der Waals surface area (Å²) >= 11 is 0. The Bertz CT molecular complexity index is 384. The smallest absolute Gasteiger partial charge is 0.142 e. The van der Waals surface area contributed by atoms with Crippen molar-refractivity contribution in [3.8, 4) is 5.75 Å². The van der Waals surface area contributed by atoms with Crippen LogP contribution in [-0.2, 0) is 10.2 Å². The second-order valence-corrected chi connectivity index (χ2v) is 4.52. The minimum Gasteiger partial charge on any atom is -0.508 e. The standard InChI is InChI=1S/C13H16O2/c1-13(2,3)11-9-10(5-4-8-14)6-7-12(11)15/h4-9,15H,1-3H3/b5-4+. The number of hydrogen-bond donors (Lipinski definition) is 1. The number of aldehydes is 1. The van der Waals surface area contributed by atoms with Crippen LogP contribution < -0.4 is 0 Å². The molecule has 0 spiro atoms. The lowest BCUT2D eigenvalue weighted by Crippen LogP contribution is -2.11. The molecule has 0 fully saturated rings. The number of carbonyl (C=O) groups excluding carboxylic acids is 1. The van der Waals surface area contributed by atoms with Crippen molar-refractivity contribution in [2.45, 2.75) is 26.2 Å². The van der Waals surface area contributed by atoms with Gasteiger partial charge in [-0.15, -0.1) is 0 Å². The van der Waals surface area contributed by atoms with Gasteiger partial charge in [0.15, 0.2) is 0 Å². The Kier molecular flexibility index (Phi) is 3.30. The van der Waals surface area contributed by atoms with Crippen molar-refractivity contribution >= 4 is 12.4 Å². The summed E-state index contributed by atoms with van der Waals surface area (Å²) in [4.78, 5) is 10.2. The first-order valence-corrected chi connectivity index (χ1v) is 4.90. The summed E-state index contributed by atoms with van der Waals surface area (Å²) < 4.78 is 0. The molecule has 0 amide bonds. The molecular weight excluding hydrogens is 188 g/mol. The second kappa shape index (κ2) is 4.30. The molecule has 1 aromatic rings. The van der Waals surface area contributed by atoms with Crippen molar-refractivity contribution in [2.75, 3.05) is 0 Å². The number of benzene rings is 1. The molecule has 0 heterocycles. The fourth-order valence-electron chi connectivity index (χ4n) is 1.41. The second-order valence-electron chi connectivity index (χ2n) is 4.52. The van der Waals surface area contributed by atoms with Gasteiger partial charge in [0.25, 0.3) is 0 Å². The van der Waals surface area contributed by atoms with Crippen molar-refractivity contribution in [1.82, 2.24) is 0 Å². The van der Waals surface area contributed by atoms with Gasteiger partial charge in [-0.3, -0.25) is 4.79 Å². The van der Waals surface area contributed by atoms with Crippen LogP contribution in [0.2, 0.25) is 0 Å². The largest absolute Gasteiger partial charge is 0.508 e. The van der Waals surface area contributed by atoms with Crippen LogP contribution in [0.5, 0.6) is 5.75 Å². The molecule has 2 heteroatoms. The zero-order chi connectivity index (χ0) is 11.5. The van der Waals surface area contributed by atoms with Crippen LogP contribution in [0, 0.1) is 0 Å². The maximum Gasteiger partial charge on any atom is 0.142 e. The number of allylic oxidation sites excluding steroid dienone is 1. The Morgan fingerprint density at radius 3 is 2.47 bits per heavy atom. The summed E-state index contributed by atoms with van der Waals surface area (Å²) in [5, 5.41) is 9.70. The van der Waals surface area contributed by atoms with E-state index in [4.69, 9.17) is 0 Å². The number of aromatic hydroxyl groups is 1. The molecule has 1 aromatic carbocycles. The van der Waals surface area contributed by atoms with E-state index in [1.54, 1.807) is 18.2 Å². The molecule has 0 atom stereocenters. The molecule has 1 rings (SSSR count). The van der Waals surface area contributed by atoms with Crippen molar-refractivity contribution in [1.29, 1.82) is 0 Å². The van der Waals surface area contributed by atoms with E-state index in [2.05, 4.69) is 0 Å². The highest BCUT2D eigenvalue weighted by Gasteiger charge is 2.17. The molecule has 0 radical (unpaired) electrons. The Balaban J connectivity index is 3.17. The number of phenols is 1. The summed E-state index contributed by atoms with van der Waals surface area (Å²) in [6, 6.07) is 5.34. The van der Waals surface area contributed by atoms with Crippen LogP contribution in [0.25, 0.3) is 6.08 Å². The monoisotopic (exact) mass is 204 g/mol. The SMILES string of the molecule is CC(C)(C)c1cc(/C=C/C=O)ccc1O. The lowest BCUT2D eigenvalue weighted by atomic mass is 9.85. The minimum atomic E-state index is -0.102. The van der Waals surface area contributed by atoms with Gasteiger partial charge in [0, 0.05) is 0 Å². The summed E-state index contributed by atoms with van der Waals surface area (Å²) in [7, 11) is 0. The van der Waals surface area contributed by atoms with Crippen molar-refractivity contribution in [2.24, 2.45) is 0 Å². The van der Waals surface area contributed by atoms with E-state index < -0.39 is 0 Å². The molecule has 0 aromatic heterocycles. The first-order chi connectivity index (χ1) is 6.95. The van der Waals surface area contributed by atoms with Gasteiger partial charge >= 0.3 is 0 Å². The fraction of sp³-hybridized carbons (Fsp3) is 0.308. The van der Waals surface area contributed by atoms with E-state index >= 15 is 0 Å². The molecule has 80 valence electrons. The van der Waals surface area contributed by atoms with Gasteiger partial charge in [-0.2, -0.15) is 0 Å². The molecule has 0 aliphatic rings. The number of carbonyl (C=O) groups is 1. The van der Waals surface area contributed by atoms with E-state index in [1.165, 1.54) is 6.08 Å². The van der Waals surface area contributed by atoms with Gasteiger partial charge in [-0.05, 0) is 34.8 Å². The molecule has 15 heavy (non-hydrogen) atoms. The first-order valence-electron chi connectivity index (χ1n) is 4.90. The quantitative estimate of drug-likeness (QED) is 0.594. The third-order valence-corrected chi connectivity index (χ3v) is 2.20. The van der Waals surface area contributed by atoms with Crippen molar-refractivity contribution in [3.05, 3.63) is 35.4 Å².